The van der Waals surface area contributed by atoms with Gasteiger partial charge < -0.3 is 5.11 Å². The fraction of sp³-hybridized carbons (Fsp3) is 0.700. The molecular formula is C10H16O2S4. The summed E-state index contributed by atoms with van der Waals surface area (Å²) < 4.78 is 1.63. The normalized spacial score (nSPS) is 12.1. The van der Waals surface area contributed by atoms with E-state index in [1.165, 1.54) is 11.8 Å². The number of carbonyl (C=O) groups is 1. The number of rotatable bonds is 7. The lowest BCUT2D eigenvalue weighted by atomic mass is 10.2. The van der Waals surface area contributed by atoms with Crippen LogP contribution in [0.5, 0.6) is 0 Å². The summed E-state index contributed by atoms with van der Waals surface area (Å²) in [5.41, 5.74) is 0. The number of carboxylic acids is 1. The van der Waals surface area contributed by atoms with E-state index >= 15 is 0 Å². The van der Waals surface area contributed by atoms with Crippen LogP contribution in [0.3, 0.4) is 0 Å². The van der Waals surface area contributed by atoms with Crippen molar-refractivity contribution in [1.82, 2.24) is 0 Å². The third-order valence-corrected chi connectivity index (χ3v) is 4.34. The van der Waals surface area contributed by atoms with Gasteiger partial charge in [-0.15, -0.1) is 23.5 Å². The van der Waals surface area contributed by atoms with Gasteiger partial charge in [0.2, 0.25) is 0 Å². The molecule has 0 radical (unpaired) electrons. The molecule has 16 heavy (non-hydrogen) atoms. The number of unbranched alkanes of at least 4 members (excludes halogenated alkanes) is 1. The van der Waals surface area contributed by atoms with Crippen LogP contribution in [0.2, 0.25) is 0 Å². The number of thioether (sulfide) groups is 2. The molecule has 0 rings (SSSR count). The molecule has 1 unspecified atom stereocenters. The van der Waals surface area contributed by atoms with Gasteiger partial charge in [-0.2, -0.15) is 0 Å². The first kappa shape index (κ1) is 16.4. The number of hydrogen-bond donors (Lipinski definition) is 1. The molecule has 1 atom stereocenters. The zero-order valence-corrected chi connectivity index (χ0v) is 12.7. The molecule has 0 fully saturated rings. The molecule has 0 aliphatic rings. The largest absolute Gasteiger partial charge is 0.480 e. The molecule has 0 aliphatic heterocycles. The number of aliphatic carboxylic acids is 1. The zero-order valence-electron chi connectivity index (χ0n) is 9.39. The van der Waals surface area contributed by atoms with Gasteiger partial charge in [0.05, 0.1) is 0 Å². The Balaban J connectivity index is 3.72. The smallest absolute Gasteiger partial charge is 0.317 e. The van der Waals surface area contributed by atoms with E-state index in [1.54, 1.807) is 18.7 Å². The van der Waals surface area contributed by atoms with Crippen LogP contribution in [0.4, 0.5) is 0 Å². The molecule has 2 nitrogen and oxygen atoms in total. The highest BCUT2D eigenvalue weighted by atomic mass is 32.2. The maximum Gasteiger partial charge on any atom is 0.317 e. The van der Waals surface area contributed by atoms with Crippen LogP contribution in [-0.2, 0) is 4.79 Å². The summed E-state index contributed by atoms with van der Waals surface area (Å²) in [4.78, 5) is 10.9. The molecule has 6 heteroatoms. The lowest BCUT2D eigenvalue weighted by Crippen LogP contribution is -2.17. The monoisotopic (exact) mass is 296 g/mol. The van der Waals surface area contributed by atoms with Gasteiger partial charge in [-0.25, -0.2) is 0 Å². The Morgan fingerprint density at radius 2 is 1.88 bits per heavy atom. The van der Waals surface area contributed by atoms with Crippen LogP contribution in [0.1, 0.15) is 33.1 Å². The van der Waals surface area contributed by atoms with E-state index < -0.39 is 11.2 Å². The molecule has 0 aromatic heterocycles. The molecule has 0 aromatic carbocycles. The van der Waals surface area contributed by atoms with Gasteiger partial charge in [-0.3, -0.25) is 4.79 Å². The number of carboxylic acid groups (broad SMARTS) is 1. The summed E-state index contributed by atoms with van der Waals surface area (Å²) >= 11 is 12.8. The Morgan fingerprint density at radius 1 is 1.25 bits per heavy atom. The summed E-state index contributed by atoms with van der Waals surface area (Å²) in [5.74, 6) is 0.205. The maximum atomic E-state index is 10.9. The number of thiocarbonyl (C=S) groups is 2. The molecule has 0 saturated carbocycles. The molecular weight excluding hydrogens is 280 g/mol. The second-order valence-electron chi connectivity index (χ2n) is 3.27. The summed E-state index contributed by atoms with van der Waals surface area (Å²) in [6.45, 7) is 3.67. The highest BCUT2D eigenvalue weighted by molar-refractivity contribution is 8.23. The third-order valence-electron chi connectivity index (χ3n) is 1.75. The van der Waals surface area contributed by atoms with E-state index in [2.05, 4.69) is 0 Å². The maximum absolute atomic E-state index is 10.9. The standard InChI is InChI=1S/C10H16O2S4/c1-7(13)15-6-4-3-5-9(10(11)12)16-8(2)14/h9H,3-6H2,1-2H3,(H,11,12). The van der Waals surface area contributed by atoms with Gasteiger partial charge in [0, 0.05) is 8.39 Å². The minimum atomic E-state index is -0.770. The quantitative estimate of drug-likeness (QED) is 0.569. The molecule has 0 spiro atoms. The van der Waals surface area contributed by atoms with Gasteiger partial charge in [0.15, 0.2) is 0 Å². The van der Waals surface area contributed by atoms with Crippen molar-refractivity contribution < 1.29 is 9.90 Å². The van der Waals surface area contributed by atoms with Crippen molar-refractivity contribution in [3.8, 4) is 0 Å². The lowest BCUT2D eigenvalue weighted by Gasteiger charge is -2.10. The van der Waals surface area contributed by atoms with E-state index in [0.29, 0.717) is 10.6 Å². The Kier molecular flexibility index (Phi) is 9.59. The van der Waals surface area contributed by atoms with Crippen LogP contribution >= 0.6 is 48.0 Å². The van der Waals surface area contributed by atoms with Crippen LogP contribution < -0.4 is 0 Å². The van der Waals surface area contributed by atoms with Crippen molar-refractivity contribution in [3.63, 3.8) is 0 Å². The van der Waals surface area contributed by atoms with Crippen molar-refractivity contribution in [2.75, 3.05) is 5.75 Å². The molecule has 1 N–H and O–H groups in total. The Labute approximate surface area is 116 Å². The fourth-order valence-electron chi connectivity index (χ4n) is 1.08. The van der Waals surface area contributed by atoms with Crippen molar-refractivity contribution in [3.05, 3.63) is 0 Å². The zero-order chi connectivity index (χ0) is 12.6. The first-order valence-corrected chi connectivity index (χ1v) is 7.65. The van der Waals surface area contributed by atoms with Crippen LogP contribution in [0.15, 0.2) is 0 Å². The average Bonchev–Trinajstić information content (AvgIpc) is 2.14. The van der Waals surface area contributed by atoms with Gasteiger partial charge in [-0.1, -0.05) is 30.9 Å². The van der Waals surface area contributed by atoms with Gasteiger partial charge in [0.1, 0.15) is 5.25 Å². The molecule has 0 aromatic rings. The first-order valence-electron chi connectivity index (χ1n) is 4.97. The Morgan fingerprint density at radius 3 is 2.31 bits per heavy atom. The van der Waals surface area contributed by atoms with E-state index in [9.17, 15) is 4.79 Å². The summed E-state index contributed by atoms with van der Waals surface area (Å²) in [5, 5.41) is 8.57. The Hall–Kier alpha value is 0.350. The van der Waals surface area contributed by atoms with E-state index in [0.717, 1.165) is 22.8 Å². The van der Waals surface area contributed by atoms with Crippen LogP contribution in [0.25, 0.3) is 0 Å². The van der Waals surface area contributed by atoms with E-state index in [1.807, 2.05) is 6.92 Å². The second-order valence-corrected chi connectivity index (χ2v) is 7.74. The predicted molar refractivity (Wildman–Crippen MR) is 81.9 cm³/mol. The van der Waals surface area contributed by atoms with Crippen molar-refractivity contribution in [2.24, 2.45) is 0 Å². The summed E-state index contributed by atoms with van der Waals surface area (Å²) in [6, 6.07) is 0. The van der Waals surface area contributed by atoms with Gasteiger partial charge in [-0.05, 0) is 32.4 Å². The average molecular weight is 297 g/mol. The first-order chi connectivity index (χ1) is 7.43. The van der Waals surface area contributed by atoms with Gasteiger partial charge >= 0.3 is 5.97 Å². The minimum Gasteiger partial charge on any atom is -0.480 e. The van der Waals surface area contributed by atoms with Crippen molar-refractivity contribution >= 4 is 62.3 Å². The second kappa shape index (κ2) is 9.39. The van der Waals surface area contributed by atoms with Crippen LogP contribution in [-0.4, -0.2) is 30.5 Å². The molecule has 0 aliphatic carbocycles. The van der Waals surface area contributed by atoms with E-state index in [-0.39, 0.29) is 0 Å². The van der Waals surface area contributed by atoms with Gasteiger partial charge in [0.25, 0.3) is 0 Å². The van der Waals surface area contributed by atoms with Crippen molar-refractivity contribution in [1.29, 1.82) is 0 Å². The molecule has 0 amide bonds. The summed E-state index contributed by atoms with van der Waals surface area (Å²) in [6.07, 6.45) is 2.58. The highest BCUT2D eigenvalue weighted by Gasteiger charge is 2.17. The highest BCUT2D eigenvalue weighted by Crippen LogP contribution is 2.20. The molecule has 0 bridgehead atoms. The number of hydrogen-bond acceptors (Lipinski definition) is 5. The van der Waals surface area contributed by atoms with Crippen molar-refractivity contribution in [2.45, 2.75) is 38.4 Å². The topological polar surface area (TPSA) is 37.3 Å². The molecule has 0 heterocycles. The van der Waals surface area contributed by atoms with E-state index in [4.69, 9.17) is 29.5 Å². The fourth-order valence-corrected chi connectivity index (χ4v) is 3.10. The SMILES string of the molecule is CC(=S)SCCCCC(SC(C)=S)C(=O)O. The summed E-state index contributed by atoms with van der Waals surface area (Å²) in [7, 11) is 0. The Bertz CT molecular complexity index is 266. The minimum absolute atomic E-state index is 0.393. The molecule has 0 saturated heterocycles. The third kappa shape index (κ3) is 9.57. The lowest BCUT2D eigenvalue weighted by molar-refractivity contribution is -0.136. The predicted octanol–water partition coefficient (Wildman–Crippen LogP) is 3.77. The molecule has 92 valence electrons. The van der Waals surface area contributed by atoms with Crippen LogP contribution in [0, 0.1) is 0 Å².